The lowest BCUT2D eigenvalue weighted by molar-refractivity contribution is -0.117. The number of hydrogen-bond acceptors (Lipinski definition) is 1. The molecule has 0 aliphatic carbocycles. The maximum atomic E-state index is 10.9. The largest absolute Gasteiger partial charge is 0.369 e. The third-order valence-corrected chi connectivity index (χ3v) is 2.60. The zero-order valence-electron chi connectivity index (χ0n) is 10.0. The van der Waals surface area contributed by atoms with Gasteiger partial charge in [0.2, 0.25) is 5.91 Å². The molecule has 2 N–H and O–H groups in total. The van der Waals surface area contributed by atoms with Crippen LogP contribution in [0.15, 0.2) is 54.6 Å². The Labute approximate surface area is 107 Å². The second kappa shape index (κ2) is 5.82. The van der Waals surface area contributed by atoms with Gasteiger partial charge in [-0.2, -0.15) is 0 Å². The zero-order valence-corrected chi connectivity index (χ0v) is 10.0. The molecule has 18 heavy (non-hydrogen) atoms. The Kier molecular flexibility index (Phi) is 3.92. The lowest BCUT2D eigenvalue weighted by Gasteiger charge is -1.99. The van der Waals surface area contributed by atoms with Crippen molar-refractivity contribution < 1.29 is 4.79 Å². The normalized spacial score (nSPS) is 10.7. The topological polar surface area (TPSA) is 43.1 Å². The van der Waals surface area contributed by atoms with Crippen LogP contribution in [0.1, 0.15) is 16.7 Å². The summed E-state index contributed by atoms with van der Waals surface area (Å²) in [6.45, 7) is 0. The van der Waals surface area contributed by atoms with Crippen LogP contribution in [0.4, 0.5) is 0 Å². The summed E-state index contributed by atoms with van der Waals surface area (Å²) in [6, 6.07) is 17.9. The van der Waals surface area contributed by atoms with Gasteiger partial charge in [0.1, 0.15) is 0 Å². The van der Waals surface area contributed by atoms with Crippen molar-refractivity contribution in [3.63, 3.8) is 0 Å². The minimum atomic E-state index is -0.306. The van der Waals surface area contributed by atoms with Crippen molar-refractivity contribution in [3.05, 3.63) is 71.3 Å². The molecule has 2 heteroatoms. The molecule has 1 amide bonds. The summed E-state index contributed by atoms with van der Waals surface area (Å²) < 4.78 is 0. The molecule has 0 fully saturated rings. The van der Waals surface area contributed by atoms with E-state index in [-0.39, 0.29) is 12.3 Å². The molecule has 2 aromatic rings. The predicted octanol–water partition coefficient (Wildman–Crippen LogP) is 2.88. The van der Waals surface area contributed by atoms with E-state index in [1.54, 1.807) is 0 Å². The van der Waals surface area contributed by atoms with E-state index >= 15 is 0 Å². The average Bonchev–Trinajstić information content (AvgIpc) is 2.37. The van der Waals surface area contributed by atoms with E-state index in [0.717, 1.165) is 16.7 Å². The number of nitrogens with two attached hydrogens (primary N) is 1. The van der Waals surface area contributed by atoms with E-state index in [4.69, 9.17) is 5.73 Å². The Bertz CT molecular complexity index is 558. The molecule has 0 aliphatic rings. The molecule has 0 radical (unpaired) electrons. The lowest BCUT2D eigenvalue weighted by atomic mass is 10.1. The molecular weight excluding hydrogens is 222 g/mol. The Morgan fingerprint density at radius 2 is 1.61 bits per heavy atom. The van der Waals surface area contributed by atoms with E-state index in [0.29, 0.717) is 0 Å². The van der Waals surface area contributed by atoms with E-state index in [1.165, 1.54) is 0 Å². The molecule has 2 nitrogen and oxygen atoms in total. The highest BCUT2D eigenvalue weighted by molar-refractivity contribution is 5.77. The van der Waals surface area contributed by atoms with Gasteiger partial charge in [0, 0.05) is 0 Å². The SMILES string of the molecule is NC(=O)Cc1cccc(/C=C/c2ccccc2)c1. The highest BCUT2D eigenvalue weighted by Gasteiger charge is 1.98. The van der Waals surface area contributed by atoms with Gasteiger partial charge in [-0.1, -0.05) is 66.7 Å². The highest BCUT2D eigenvalue weighted by Crippen LogP contribution is 2.10. The van der Waals surface area contributed by atoms with E-state index < -0.39 is 0 Å². The van der Waals surface area contributed by atoms with Gasteiger partial charge in [0.25, 0.3) is 0 Å². The Hall–Kier alpha value is -2.35. The maximum Gasteiger partial charge on any atom is 0.221 e. The van der Waals surface area contributed by atoms with Crippen LogP contribution in [0.3, 0.4) is 0 Å². The van der Waals surface area contributed by atoms with Crippen LogP contribution >= 0.6 is 0 Å². The smallest absolute Gasteiger partial charge is 0.221 e. The van der Waals surface area contributed by atoms with Crippen molar-refractivity contribution in [2.24, 2.45) is 5.73 Å². The molecule has 2 aromatic carbocycles. The van der Waals surface area contributed by atoms with Crippen molar-refractivity contribution in [1.29, 1.82) is 0 Å². The molecule has 2 rings (SSSR count). The van der Waals surface area contributed by atoms with E-state index in [9.17, 15) is 4.79 Å². The average molecular weight is 237 g/mol. The molecule has 0 spiro atoms. The molecule has 0 atom stereocenters. The summed E-state index contributed by atoms with van der Waals surface area (Å²) in [7, 11) is 0. The molecule has 0 unspecified atom stereocenters. The molecule has 0 bridgehead atoms. The van der Waals surface area contributed by atoms with Crippen LogP contribution in [0.5, 0.6) is 0 Å². The first kappa shape index (κ1) is 12.1. The Morgan fingerprint density at radius 1 is 0.944 bits per heavy atom. The maximum absolute atomic E-state index is 10.9. The summed E-state index contributed by atoms with van der Waals surface area (Å²) in [5.74, 6) is -0.306. The summed E-state index contributed by atoms with van der Waals surface area (Å²) >= 11 is 0. The number of hydrogen-bond donors (Lipinski definition) is 1. The number of carbonyl (C=O) groups is 1. The fourth-order valence-electron chi connectivity index (χ4n) is 1.76. The van der Waals surface area contributed by atoms with Crippen molar-refractivity contribution in [2.45, 2.75) is 6.42 Å². The van der Waals surface area contributed by atoms with Crippen molar-refractivity contribution in [2.75, 3.05) is 0 Å². The van der Waals surface area contributed by atoms with Gasteiger partial charge in [-0.25, -0.2) is 0 Å². The quantitative estimate of drug-likeness (QED) is 0.816. The highest BCUT2D eigenvalue weighted by atomic mass is 16.1. The van der Waals surface area contributed by atoms with Crippen molar-refractivity contribution in [3.8, 4) is 0 Å². The first-order valence-corrected chi connectivity index (χ1v) is 5.84. The number of amides is 1. The van der Waals surface area contributed by atoms with Crippen LogP contribution in [0.2, 0.25) is 0 Å². The van der Waals surface area contributed by atoms with E-state index in [1.807, 2.05) is 66.7 Å². The number of primary amides is 1. The van der Waals surface area contributed by atoms with Crippen LogP contribution in [0.25, 0.3) is 12.2 Å². The summed E-state index contributed by atoms with van der Waals surface area (Å²) in [5.41, 5.74) is 8.34. The van der Waals surface area contributed by atoms with E-state index in [2.05, 4.69) is 0 Å². The molecule has 0 saturated carbocycles. The van der Waals surface area contributed by atoms with Gasteiger partial charge in [-0.3, -0.25) is 4.79 Å². The molecule has 0 saturated heterocycles. The molecule has 0 heterocycles. The molecule has 90 valence electrons. The first-order valence-electron chi connectivity index (χ1n) is 5.84. The minimum absolute atomic E-state index is 0.285. The van der Waals surface area contributed by atoms with Gasteiger partial charge in [-0.05, 0) is 16.7 Å². The zero-order chi connectivity index (χ0) is 12.8. The number of rotatable bonds is 4. The van der Waals surface area contributed by atoms with Gasteiger partial charge in [-0.15, -0.1) is 0 Å². The number of benzene rings is 2. The number of carbonyl (C=O) groups excluding carboxylic acids is 1. The monoisotopic (exact) mass is 237 g/mol. The molecule has 0 aliphatic heterocycles. The standard InChI is InChI=1S/C16H15NO/c17-16(18)12-15-8-4-7-14(11-15)10-9-13-5-2-1-3-6-13/h1-11H,12H2,(H2,17,18)/b10-9+. The third kappa shape index (κ3) is 3.59. The van der Waals surface area contributed by atoms with Gasteiger partial charge in [0.05, 0.1) is 6.42 Å². The van der Waals surface area contributed by atoms with Crippen LogP contribution in [-0.4, -0.2) is 5.91 Å². The lowest BCUT2D eigenvalue weighted by Crippen LogP contribution is -2.13. The van der Waals surface area contributed by atoms with Gasteiger partial charge in [0.15, 0.2) is 0 Å². The third-order valence-electron chi connectivity index (χ3n) is 2.60. The summed E-state index contributed by atoms with van der Waals surface area (Å²) in [4.78, 5) is 10.9. The summed E-state index contributed by atoms with van der Waals surface area (Å²) in [6.07, 6.45) is 4.36. The Morgan fingerprint density at radius 3 is 2.33 bits per heavy atom. The second-order valence-corrected chi connectivity index (χ2v) is 4.13. The predicted molar refractivity (Wildman–Crippen MR) is 74.7 cm³/mol. The molecular formula is C16H15NO. The van der Waals surface area contributed by atoms with Crippen molar-refractivity contribution in [1.82, 2.24) is 0 Å². The minimum Gasteiger partial charge on any atom is -0.369 e. The van der Waals surface area contributed by atoms with Crippen LogP contribution in [0, 0.1) is 0 Å². The van der Waals surface area contributed by atoms with Crippen molar-refractivity contribution >= 4 is 18.1 Å². The summed E-state index contributed by atoms with van der Waals surface area (Å²) in [5, 5.41) is 0. The van der Waals surface area contributed by atoms with Crippen LogP contribution in [-0.2, 0) is 11.2 Å². The first-order chi connectivity index (χ1) is 8.74. The second-order valence-electron chi connectivity index (χ2n) is 4.13. The van der Waals surface area contributed by atoms with Gasteiger partial charge < -0.3 is 5.73 Å². The Balaban J connectivity index is 2.14. The fraction of sp³-hybridized carbons (Fsp3) is 0.0625. The van der Waals surface area contributed by atoms with Gasteiger partial charge >= 0.3 is 0 Å². The molecule has 0 aromatic heterocycles. The fourth-order valence-corrected chi connectivity index (χ4v) is 1.76. The van der Waals surface area contributed by atoms with Crippen LogP contribution < -0.4 is 5.73 Å².